The number of amides is 2. The molecule has 6 rings (SSSR count). The molecule has 0 saturated carbocycles. The normalized spacial score (nSPS) is 11.4. The van der Waals surface area contributed by atoms with Crippen molar-refractivity contribution < 1.29 is 90.3 Å². The molecule has 79 heavy (non-hydrogen) atoms. The minimum atomic E-state index is -1.75. The second kappa shape index (κ2) is 32.7. The molecule has 23 nitrogen and oxygen atoms in total. The molecule has 0 fully saturated rings. The molecule has 2 atom stereocenters. The number of ether oxygens (including phenoxy) is 6. The van der Waals surface area contributed by atoms with E-state index in [0.717, 1.165) is 0 Å². The van der Waals surface area contributed by atoms with Crippen LogP contribution in [-0.2, 0) is 46.4 Å². The summed E-state index contributed by atoms with van der Waals surface area (Å²) in [6.07, 6.45) is -3.45. The number of alkyl halides is 1. The highest BCUT2D eigenvalue weighted by molar-refractivity contribution is 6.31. The maximum absolute atomic E-state index is 14.3. The van der Waals surface area contributed by atoms with Crippen molar-refractivity contribution in [2.45, 2.75) is 52.0 Å². The van der Waals surface area contributed by atoms with E-state index in [1.807, 2.05) is 0 Å². The van der Waals surface area contributed by atoms with E-state index in [-0.39, 0.29) is 48.9 Å². The molecule has 0 aliphatic carbocycles. The number of nitrogens with zero attached hydrogens (tertiary/aromatic N) is 4. The van der Waals surface area contributed by atoms with Crippen molar-refractivity contribution in [1.29, 1.82) is 0 Å². The van der Waals surface area contributed by atoms with Crippen molar-refractivity contribution in [1.82, 2.24) is 31.2 Å². The number of nitrogens with one attached hydrogen (secondary N) is 2. The summed E-state index contributed by atoms with van der Waals surface area (Å²) < 4.78 is 66.0. The molecule has 424 valence electrons. The average Bonchev–Trinajstić information content (AvgIpc) is 4.15. The molecule has 0 spiro atoms. The van der Waals surface area contributed by atoms with Gasteiger partial charge in [-0.05, 0) is 82.3 Å². The Morgan fingerprint density at radius 1 is 0.646 bits per heavy atom. The van der Waals surface area contributed by atoms with Crippen LogP contribution in [0.4, 0.5) is 13.6 Å². The van der Waals surface area contributed by atoms with Crippen LogP contribution in [0.3, 0.4) is 0 Å². The Bertz CT molecular complexity index is 2940. The van der Waals surface area contributed by atoms with E-state index in [1.165, 1.54) is 72.8 Å². The van der Waals surface area contributed by atoms with Crippen LogP contribution in [0.2, 0.25) is 10.0 Å². The van der Waals surface area contributed by atoms with E-state index in [1.54, 1.807) is 62.4 Å². The Morgan fingerprint density at radius 3 is 1.49 bits per heavy atom. The second-order valence-electron chi connectivity index (χ2n) is 15.9. The van der Waals surface area contributed by atoms with E-state index in [0.29, 0.717) is 56.5 Å². The molecular weight excluding hydrogens is 1110 g/mol. The highest BCUT2D eigenvalue weighted by Gasteiger charge is 2.26. The number of aliphatic carboxylic acids is 1. The number of aliphatic hydroxyl groups is 2. The molecule has 6 aromatic rings. The molecule has 0 aliphatic rings. The monoisotopic (exact) mass is 1160 g/mol. The summed E-state index contributed by atoms with van der Waals surface area (Å²) in [5.41, 5.74) is 8.11. The van der Waals surface area contributed by atoms with Crippen LogP contribution in [0.1, 0.15) is 58.9 Å². The molecule has 4 aromatic carbocycles. The van der Waals surface area contributed by atoms with Gasteiger partial charge in [-0.2, -0.15) is 0 Å². The van der Waals surface area contributed by atoms with Crippen molar-refractivity contribution in [3.63, 3.8) is 0 Å². The number of aliphatic hydroxyl groups excluding tert-OH is 2. The van der Waals surface area contributed by atoms with Crippen molar-refractivity contribution in [3.05, 3.63) is 141 Å². The largest absolute Gasteiger partial charge is 0.509 e. The SMILES string of the molecule is CCCC(=O)OCOC(=O)[C@H](O)CN(Cc1ccc(-c2cc(Cl)ccc2F)cc1)NC(=O)c1cc(OC)no1.CCOC(=O)OCCl.COc1cc(C(=O)NN(Cc2ccc(-c3cc(Cl)ccc3F)cc2)C[C@@H](O)C(=O)O)on1. The number of hydrogen-bond donors (Lipinski definition) is 5. The van der Waals surface area contributed by atoms with Gasteiger partial charge in [0.2, 0.25) is 18.3 Å². The first-order chi connectivity index (χ1) is 37.8. The fraction of sp³-hybridized carbons (Fsp3) is 0.294. The van der Waals surface area contributed by atoms with Crippen molar-refractivity contribution >= 4 is 70.7 Å². The van der Waals surface area contributed by atoms with E-state index < -0.39 is 79.6 Å². The van der Waals surface area contributed by atoms with Crippen molar-refractivity contribution in [2.75, 3.05) is 46.8 Å². The first-order valence-electron chi connectivity index (χ1n) is 23.3. The number of carbonyl (C=O) groups is 6. The van der Waals surface area contributed by atoms with Gasteiger partial charge in [0.05, 0.1) is 46.0 Å². The number of carbonyl (C=O) groups excluding carboxylic acids is 5. The summed E-state index contributed by atoms with van der Waals surface area (Å²) in [6.45, 7) is 2.40. The lowest BCUT2D eigenvalue weighted by molar-refractivity contribution is -0.174. The van der Waals surface area contributed by atoms with Gasteiger partial charge in [-0.25, -0.2) is 33.2 Å². The van der Waals surface area contributed by atoms with Gasteiger partial charge in [0.15, 0.2) is 18.3 Å². The van der Waals surface area contributed by atoms with Crippen LogP contribution >= 0.6 is 34.8 Å². The average molecular weight is 1170 g/mol. The predicted octanol–water partition coefficient (Wildman–Crippen LogP) is 7.59. The van der Waals surface area contributed by atoms with E-state index >= 15 is 0 Å². The lowest BCUT2D eigenvalue weighted by Gasteiger charge is -2.24. The number of hydrogen-bond acceptors (Lipinski definition) is 20. The van der Waals surface area contributed by atoms with Crippen LogP contribution in [0.15, 0.2) is 106 Å². The summed E-state index contributed by atoms with van der Waals surface area (Å²) >= 11 is 16.9. The number of rotatable bonds is 24. The molecule has 2 amide bonds. The molecule has 0 saturated heterocycles. The molecule has 2 heterocycles. The summed E-state index contributed by atoms with van der Waals surface area (Å²) in [5.74, 6) is -5.52. The topological polar surface area (TPSA) is 301 Å². The van der Waals surface area contributed by atoms with E-state index in [2.05, 4.69) is 30.6 Å². The van der Waals surface area contributed by atoms with Gasteiger partial charge >= 0.3 is 35.9 Å². The number of carboxylic acids is 1. The minimum absolute atomic E-state index is 0.0190. The van der Waals surface area contributed by atoms with Gasteiger partial charge in [0.25, 0.3) is 11.8 Å². The smallest absolute Gasteiger partial charge is 0.479 e. The van der Waals surface area contributed by atoms with Crippen molar-refractivity contribution in [3.8, 4) is 34.0 Å². The van der Waals surface area contributed by atoms with Gasteiger partial charge in [-0.15, -0.1) is 0 Å². The number of methoxy groups -OCH3 is 2. The Kier molecular flexibility index (Phi) is 26.4. The van der Waals surface area contributed by atoms with E-state index in [9.17, 15) is 47.8 Å². The number of carboxylic acid groups (broad SMARTS) is 1. The van der Waals surface area contributed by atoms with Crippen LogP contribution in [0.5, 0.6) is 11.8 Å². The number of benzene rings is 4. The van der Waals surface area contributed by atoms with Crippen LogP contribution in [0, 0.1) is 11.6 Å². The highest BCUT2D eigenvalue weighted by Crippen LogP contribution is 2.28. The molecule has 0 unspecified atom stereocenters. The Labute approximate surface area is 464 Å². The van der Waals surface area contributed by atoms with Crippen LogP contribution in [0.25, 0.3) is 22.3 Å². The minimum Gasteiger partial charge on any atom is -0.479 e. The van der Waals surface area contributed by atoms with E-state index in [4.69, 9.17) is 67.9 Å². The zero-order valence-electron chi connectivity index (χ0n) is 42.5. The summed E-state index contributed by atoms with van der Waals surface area (Å²) in [7, 11) is 2.71. The number of hydrazine groups is 2. The second-order valence-corrected chi connectivity index (χ2v) is 17.0. The maximum atomic E-state index is 14.3. The molecule has 0 bridgehead atoms. The summed E-state index contributed by atoms with van der Waals surface area (Å²) in [5, 5.41) is 39.5. The molecule has 0 aliphatic heterocycles. The van der Waals surface area contributed by atoms with Gasteiger partial charge in [0, 0.05) is 40.7 Å². The first-order valence-corrected chi connectivity index (χ1v) is 24.5. The Morgan fingerprint density at radius 2 is 1.10 bits per heavy atom. The predicted molar refractivity (Wildman–Crippen MR) is 276 cm³/mol. The molecule has 28 heteroatoms. The standard InChI is InChI=1S/C26H27ClFN3O8.C21H19ClFN3O6.C4H7ClO3/c1-3-4-24(33)37-15-38-26(35)21(32)14-31(29-25(34)22-12-23(36-2)30-39-22)13-16-5-7-17(8-6-16)19-11-18(27)9-10-20(19)28;1-31-19-9-18(32-25-19)20(28)24-26(11-17(27)21(29)30)10-12-2-4-13(5-3-12)15-8-14(22)6-7-16(15)23;1-2-7-4(6)8-3-5/h5-12,21,32H,3-4,13-15H2,1-2H3,(H,29,34);2-9,17,27H,10-11H2,1H3,(H,24,28)(H,29,30);2-3H2,1H3/t21-;17-;/m11./s1. The summed E-state index contributed by atoms with van der Waals surface area (Å²) in [4.78, 5) is 69.9. The number of aromatic nitrogens is 2. The molecule has 5 N–H and O–H groups in total. The highest BCUT2D eigenvalue weighted by atomic mass is 35.5. The Hall–Kier alpha value is -7.91. The number of halogens is 5. The van der Waals surface area contributed by atoms with Crippen LogP contribution < -0.4 is 20.3 Å². The zero-order valence-corrected chi connectivity index (χ0v) is 44.8. The lowest BCUT2D eigenvalue weighted by atomic mass is 10.0. The first kappa shape index (κ1) is 63.6. The summed E-state index contributed by atoms with van der Waals surface area (Å²) in [6, 6.07) is 24.2. The molecular formula is C51H53Cl3F2N6O17. The third kappa shape index (κ3) is 21.4. The Balaban J connectivity index is 0.000000303. The maximum Gasteiger partial charge on any atom is 0.509 e. The van der Waals surface area contributed by atoms with Gasteiger partial charge < -0.3 is 52.8 Å². The quantitative estimate of drug-likeness (QED) is 0.0169. The third-order valence-electron chi connectivity index (χ3n) is 10.1. The van der Waals surface area contributed by atoms with Gasteiger partial charge in [-0.3, -0.25) is 25.2 Å². The van der Waals surface area contributed by atoms with Gasteiger partial charge in [-0.1, -0.05) is 90.3 Å². The van der Waals surface area contributed by atoms with Gasteiger partial charge in [0.1, 0.15) is 11.6 Å². The van der Waals surface area contributed by atoms with Crippen LogP contribution in [-0.4, -0.2) is 131 Å². The number of esters is 2. The third-order valence-corrected chi connectivity index (χ3v) is 10.7. The van der Waals surface area contributed by atoms with Crippen molar-refractivity contribution in [2.24, 2.45) is 0 Å². The fourth-order valence-electron chi connectivity index (χ4n) is 6.38. The molecule has 2 aromatic heterocycles. The lowest BCUT2D eigenvalue weighted by Crippen LogP contribution is -2.47. The zero-order chi connectivity index (χ0) is 58.0. The molecule has 0 radical (unpaired) electrons. The fourth-order valence-corrected chi connectivity index (χ4v) is 6.81.